The molecular formula is C11H10ClN3S. The number of hydrogen-bond acceptors (Lipinski definition) is 4. The van der Waals surface area contributed by atoms with Crippen molar-refractivity contribution >= 4 is 23.4 Å². The summed E-state index contributed by atoms with van der Waals surface area (Å²) in [5.41, 5.74) is 6.39. The zero-order chi connectivity index (χ0) is 11.4. The lowest BCUT2D eigenvalue weighted by molar-refractivity contribution is 0.940. The average molecular weight is 252 g/mol. The Hall–Kier alpha value is -1.10. The third kappa shape index (κ3) is 2.72. The van der Waals surface area contributed by atoms with E-state index in [4.69, 9.17) is 17.3 Å². The quantitative estimate of drug-likeness (QED) is 0.911. The highest BCUT2D eigenvalue weighted by atomic mass is 35.5. The van der Waals surface area contributed by atoms with Gasteiger partial charge in [0.2, 0.25) is 0 Å². The Bertz CT molecular complexity index is 490. The summed E-state index contributed by atoms with van der Waals surface area (Å²) >= 11 is 7.45. The van der Waals surface area contributed by atoms with E-state index < -0.39 is 0 Å². The zero-order valence-electron chi connectivity index (χ0n) is 8.43. The summed E-state index contributed by atoms with van der Waals surface area (Å²) in [5, 5.41) is 2.24. The first-order chi connectivity index (χ1) is 7.79. The molecule has 0 bridgehead atoms. The molecule has 0 saturated carbocycles. The first kappa shape index (κ1) is 11.4. The average Bonchev–Trinajstić information content (AvgIpc) is 2.32. The topological polar surface area (TPSA) is 51.8 Å². The molecular weight excluding hydrogens is 242 g/mol. The Labute approximate surface area is 103 Å². The lowest BCUT2D eigenvalue weighted by Gasteiger charge is -2.03. The number of rotatable bonds is 3. The summed E-state index contributed by atoms with van der Waals surface area (Å²) in [7, 11) is 0. The molecule has 2 aromatic heterocycles. The van der Waals surface area contributed by atoms with Crippen LogP contribution in [0.15, 0.2) is 46.6 Å². The van der Waals surface area contributed by atoms with E-state index in [0.29, 0.717) is 11.6 Å². The standard InChI is InChI=1S/C11H10ClN3S/c12-9-4-2-6-14-11(9)16-10-5-1-3-8(7-13)15-10/h1-6H,7,13H2. The predicted molar refractivity (Wildman–Crippen MR) is 65.5 cm³/mol. The van der Waals surface area contributed by atoms with E-state index in [1.165, 1.54) is 11.8 Å². The molecule has 3 nitrogen and oxygen atoms in total. The second kappa shape index (κ2) is 5.30. The van der Waals surface area contributed by atoms with Crippen LogP contribution in [-0.4, -0.2) is 9.97 Å². The molecule has 0 radical (unpaired) electrons. The largest absolute Gasteiger partial charge is 0.325 e. The first-order valence-electron chi connectivity index (χ1n) is 4.74. The van der Waals surface area contributed by atoms with Crippen LogP contribution in [0.1, 0.15) is 5.69 Å². The van der Waals surface area contributed by atoms with Crippen molar-refractivity contribution in [3.63, 3.8) is 0 Å². The van der Waals surface area contributed by atoms with E-state index in [-0.39, 0.29) is 0 Å². The minimum Gasteiger partial charge on any atom is -0.325 e. The van der Waals surface area contributed by atoms with Crippen LogP contribution < -0.4 is 5.73 Å². The highest BCUT2D eigenvalue weighted by Crippen LogP contribution is 2.29. The fourth-order valence-corrected chi connectivity index (χ4v) is 2.20. The molecule has 0 aromatic carbocycles. The molecule has 0 aliphatic heterocycles. The Balaban J connectivity index is 2.24. The van der Waals surface area contributed by atoms with E-state index >= 15 is 0 Å². The van der Waals surface area contributed by atoms with E-state index in [1.54, 1.807) is 12.3 Å². The number of halogens is 1. The normalized spacial score (nSPS) is 10.4. The van der Waals surface area contributed by atoms with Crippen LogP contribution in [0.25, 0.3) is 0 Å². The van der Waals surface area contributed by atoms with Crippen LogP contribution in [0.3, 0.4) is 0 Å². The lowest BCUT2D eigenvalue weighted by Crippen LogP contribution is -1.99. The molecule has 0 aliphatic carbocycles. The Morgan fingerprint density at radius 1 is 1.25 bits per heavy atom. The predicted octanol–water partition coefficient (Wildman–Crippen LogP) is 2.74. The third-order valence-electron chi connectivity index (χ3n) is 1.92. The zero-order valence-corrected chi connectivity index (χ0v) is 10.0. The summed E-state index contributed by atoms with van der Waals surface area (Å²) < 4.78 is 0. The molecule has 0 fully saturated rings. The second-order valence-electron chi connectivity index (χ2n) is 3.06. The van der Waals surface area contributed by atoms with Gasteiger partial charge in [0.25, 0.3) is 0 Å². The SMILES string of the molecule is NCc1cccc(Sc2ncccc2Cl)n1. The van der Waals surface area contributed by atoms with Gasteiger partial charge in [-0.3, -0.25) is 0 Å². The van der Waals surface area contributed by atoms with E-state index in [9.17, 15) is 0 Å². The Morgan fingerprint density at radius 2 is 2.12 bits per heavy atom. The number of nitrogens with zero attached hydrogens (tertiary/aromatic N) is 2. The second-order valence-corrected chi connectivity index (χ2v) is 4.48. The van der Waals surface area contributed by atoms with Crippen LogP contribution in [0.5, 0.6) is 0 Å². The first-order valence-corrected chi connectivity index (χ1v) is 5.93. The molecule has 16 heavy (non-hydrogen) atoms. The summed E-state index contributed by atoms with van der Waals surface area (Å²) in [6, 6.07) is 9.34. The van der Waals surface area contributed by atoms with Gasteiger partial charge in [-0.1, -0.05) is 17.7 Å². The molecule has 5 heteroatoms. The van der Waals surface area contributed by atoms with E-state index in [2.05, 4.69) is 9.97 Å². The molecule has 2 N–H and O–H groups in total. The molecule has 0 atom stereocenters. The number of hydrogen-bond donors (Lipinski definition) is 1. The van der Waals surface area contributed by atoms with Crippen molar-refractivity contribution in [2.75, 3.05) is 0 Å². The van der Waals surface area contributed by atoms with Gasteiger partial charge in [0.15, 0.2) is 0 Å². The fraction of sp³-hybridized carbons (Fsp3) is 0.0909. The van der Waals surface area contributed by atoms with Crippen LogP contribution in [-0.2, 0) is 6.54 Å². The van der Waals surface area contributed by atoms with Gasteiger partial charge in [0.05, 0.1) is 10.7 Å². The minimum atomic E-state index is 0.435. The third-order valence-corrected chi connectivity index (χ3v) is 3.29. The molecule has 82 valence electrons. The number of nitrogens with two attached hydrogens (primary N) is 1. The molecule has 0 spiro atoms. The van der Waals surface area contributed by atoms with Gasteiger partial charge in [-0.05, 0) is 36.0 Å². The lowest BCUT2D eigenvalue weighted by atomic mass is 10.4. The van der Waals surface area contributed by atoms with Gasteiger partial charge >= 0.3 is 0 Å². The maximum absolute atomic E-state index is 6.01. The van der Waals surface area contributed by atoms with E-state index in [1.807, 2.05) is 24.3 Å². The molecule has 2 rings (SSSR count). The summed E-state index contributed by atoms with van der Waals surface area (Å²) in [6.45, 7) is 0.435. The van der Waals surface area contributed by atoms with Crippen molar-refractivity contribution in [3.05, 3.63) is 47.2 Å². The van der Waals surface area contributed by atoms with Gasteiger partial charge in [0, 0.05) is 12.7 Å². The molecule has 2 heterocycles. The summed E-state index contributed by atoms with van der Waals surface area (Å²) in [5.74, 6) is 0. The molecule has 2 aromatic rings. The molecule has 0 aliphatic rings. The highest BCUT2D eigenvalue weighted by molar-refractivity contribution is 7.99. The molecule has 0 unspecified atom stereocenters. The van der Waals surface area contributed by atoms with Crippen LogP contribution >= 0.6 is 23.4 Å². The molecule has 0 amide bonds. The van der Waals surface area contributed by atoms with Crippen molar-refractivity contribution < 1.29 is 0 Å². The monoisotopic (exact) mass is 251 g/mol. The number of pyridine rings is 2. The van der Waals surface area contributed by atoms with Crippen molar-refractivity contribution in [1.82, 2.24) is 9.97 Å². The number of aromatic nitrogens is 2. The van der Waals surface area contributed by atoms with Crippen molar-refractivity contribution in [3.8, 4) is 0 Å². The smallest absolute Gasteiger partial charge is 0.121 e. The van der Waals surface area contributed by atoms with Gasteiger partial charge in [-0.15, -0.1) is 0 Å². The Kier molecular flexibility index (Phi) is 3.77. The van der Waals surface area contributed by atoms with E-state index in [0.717, 1.165) is 15.7 Å². The van der Waals surface area contributed by atoms with Gasteiger partial charge in [-0.25, -0.2) is 9.97 Å². The van der Waals surface area contributed by atoms with Gasteiger partial charge < -0.3 is 5.73 Å². The summed E-state index contributed by atoms with van der Waals surface area (Å²) in [4.78, 5) is 8.56. The van der Waals surface area contributed by atoms with Gasteiger partial charge in [-0.2, -0.15) is 0 Å². The van der Waals surface area contributed by atoms with Crippen LogP contribution in [0, 0.1) is 0 Å². The van der Waals surface area contributed by atoms with Crippen molar-refractivity contribution in [1.29, 1.82) is 0 Å². The van der Waals surface area contributed by atoms with Crippen LogP contribution in [0.4, 0.5) is 0 Å². The highest BCUT2D eigenvalue weighted by Gasteiger charge is 2.04. The Morgan fingerprint density at radius 3 is 2.88 bits per heavy atom. The maximum atomic E-state index is 6.01. The maximum Gasteiger partial charge on any atom is 0.121 e. The van der Waals surface area contributed by atoms with Crippen LogP contribution in [0.2, 0.25) is 5.02 Å². The fourth-order valence-electron chi connectivity index (χ4n) is 1.17. The minimum absolute atomic E-state index is 0.435. The summed E-state index contributed by atoms with van der Waals surface area (Å²) in [6.07, 6.45) is 1.71. The van der Waals surface area contributed by atoms with Gasteiger partial charge in [0.1, 0.15) is 10.1 Å². The van der Waals surface area contributed by atoms with Crippen molar-refractivity contribution in [2.45, 2.75) is 16.6 Å². The molecule has 0 saturated heterocycles. The van der Waals surface area contributed by atoms with Crippen molar-refractivity contribution in [2.24, 2.45) is 5.73 Å².